The van der Waals surface area contributed by atoms with Crippen LogP contribution in [0.4, 0.5) is 0 Å². The van der Waals surface area contributed by atoms with Crippen molar-refractivity contribution < 1.29 is 0 Å². The third kappa shape index (κ3) is 3.33. The smallest absolute Gasteiger partial charge is 0.0233 e. The van der Waals surface area contributed by atoms with Crippen LogP contribution in [0.5, 0.6) is 0 Å². The summed E-state index contributed by atoms with van der Waals surface area (Å²) in [6, 6.07) is 10.8. The lowest BCUT2D eigenvalue weighted by Gasteiger charge is -2.44. The molecule has 0 spiro atoms. The van der Waals surface area contributed by atoms with Gasteiger partial charge in [-0.05, 0) is 43.5 Å². The highest BCUT2D eigenvalue weighted by Crippen LogP contribution is 2.35. The lowest BCUT2D eigenvalue weighted by molar-refractivity contribution is 0.0566. The standard InChI is InChI=1S/C16H26N2/c1-16(2)9-10-18(13-15(16)11-17-3)12-14-7-5-4-6-8-14/h4-8,15,17H,9-13H2,1-3H3. The average molecular weight is 246 g/mol. The van der Waals surface area contributed by atoms with Crippen LogP contribution in [-0.2, 0) is 6.54 Å². The van der Waals surface area contributed by atoms with E-state index in [4.69, 9.17) is 0 Å². The van der Waals surface area contributed by atoms with Gasteiger partial charge in [-0.1, -0.05) is 44.2 Å². The molecule has 1 aromatic carbocycles. The van der Waals surface area contributed by atoms with Crippen LogP contribution in [0, 0.1) is 11.3 Å². The first kappa shape index (κ1) is 13.6. The molecule has 1 aromatic rings. The minimum Gasteiger partial charge on any atom is -0.319 e. The first-order valence-electron chi connectivity index (χ1n) is 7.03. The van der Waals surface area contributed by atoms with Crippen LogP contribution in [0.25, 0.3) is 0 Å². The number of nitrogens with zero attached hydrogens (tertiary/aromatic N) is 1. The van der Waals surface area contributed by atoms with Gasteiger partial charge in [0.2, 0.25) is 0 Å². The fourth-order valence-electron chi connectivity index (χ4n) is 2.87. The molecule has 1 heterocycles. The molecule has 100 valence electrons. The molecule has 1 atom stereocenters. The number of hydrogen-bond donors (Lipinski definition) is 1. The van der Waals surface area contributed by atoms with E-state index in [9.17, 15) is 0 Å². The van der Waals surface area contributed by atoms with E-state index in [0.717, 1.165) is 19.0 Å². The Morgan fingerprint density at radius 2 is 2.00 bits per heavy atom. The van der Waals surface area contributed by atoms with Gasteiger partial charge in [0.05, 0.1) is 0 Å². The zero-order chi connectivity index (χ0) is 13.0. The number of nitrogens with one attached hydrogen (secondary N) is 1. The van der Waals surface area contributed by atoms with Crippen LogP contribution in [0.2, 0.25) is 0 Å². The number of likely N-dealkylation sites (tertiary alicyclic amines) is 1. The minimum atomic E-state index is 0.468. The molecule has 2 rings (SSSR count). The second-order valence-electron chi connectivity index (χ2n) is 6.21. The summed E-state index contributed by atoms with van der Waals surface area (Å²) in [6.07, 6.45) is 1.30. The lowest BCUT2D eigenvalue weighted by atomic mass is 9.73. The Morgan fingerprint density at radius 1 is 1.28 bits per heavy atom. The summed E-state index contributed by atoms with van der Waals surface area (Å²) in [5.41, 5.74) is 1.90. The summed E-state index contributed by atoms with van der Waals surface area (Å²) in [5, 5.41) is 3.35. The Kier molecular flexibility index (Phi) is 4.41. The Hall–Kier alpha value is -0.860. The Morgan fingerprint density at radius 3 is 2.67 bits per heavy atom. The molecular weight excluding hydrogens is 220 g/mol. The van der Waals surface area contributed by atoms with E-state index in [0.29, 0.717) is 5.41 Å². The molecule has 1 aliphatic rings. The van der Waals surface area contributed by atoms with Gasteiger partial charge in [-0.25, -0.2) is 0 Å². The molecule has 1 unspecified atom stereocenters. The molecule has 1 N–H and O–H groups in total. The van der Waals surface area contributed by atoms with E-state index in [2.05, 4.69) is 61.4 Å². The van der Waals surface area contributed by atoms with Crippen molar-refractivity contribution in [1.29, 1.82) is 0 Å². The van der Waals surface area contributed by atoms with E-state index in [1.807, 2.05) is 0 Å². The SMILES string of the molecule is CNCC1CN(Cc2ccccc2)CCC1(C)C. The zero-order valence-corrected chi connectivity index (χ0v) is 11.9. The molecular formula is C16H26N2. The molecule has 2 nitrogen and oxygen atoms in total. The number of benzene rings is 1. The van der Waals surface area contributed by atoms with Crippen LogP contribution in [0.15, 0.2) is 30.3 Å². The number of rotatable bonds is 4. The average Bonchev–Trinajstić information content (AvgIpc) is 2.35. The van der Waals surface area contributed by atoms with Crippen molar-refractivity contribution in [3.8, 4) is 0 Å². The van der Waals surface area contributed by atoms with Gasteiger partial charge in [-0.15, -0.1) is 0 Å². The summed E-state index contributed by atoms with van der Waals surface area (Å²) < 4.78 is 0. The highest BCUT2D eigenvalue weighted by molar-refractivity contribution is 5.14. The highest BCUT2D eigenvalue weighted by Gasteiger charge is 2.34. The highest BCUT2D eigenvalue weighted by atomic mass is 15.1. The van der Waals surface area contributed by atoms with Gasteiger partial charge in [0.25, 0.3) is 0 Å². The van der Waals surface area contributed by atoms with Crippen LogP contribution >= 0.6 is 0 Å². The van der Waals surface area contributed by atoms with Crippen LogP contribution in [0.3, 0.4) is 0 Å². The number of hydrogen-bond acceptors (Lipinski definition) is 2. The van der Waals surface area contributed by atoms with Crippen LogP contribution in [-0.4, -0.2) is 31.6 Å². The van der Waals surface area contributed by atoms with Crippen molar-refractivity contribution in [3.05, 3.63) is 35.9 Å². The van der Waals surface area contributed by atoms with Gasteiger partial charge in [0.1, 0.15) is 0 Å². The van der Waals surface area contributed by atoms with E-state index in [1.165, 1.54) is 25.1 Å². The van der Waals surface area contributed by atoms with Gasteiger partial charge in [-0.2, -0.15) is 0 Å². The molecule has 18 heavy (non-hydrogen) atoms. The van der Waals surface area contributed by atoms with Crippen molar-refractivity contribution >= 4 is 0 Å². The van der Waals surface area contributed by atoms with E-state index >= 15 is 0 Å². The molecule has 1 fully saturated rings. The van der Waals surface area contributed by atoms with Crippen LogP contribution < -0.4 is 5.32 Å². The maximum atomic E-state index is 3.35. The quantitative estimate of drug-likeness (QED) is 0.879. The zero-order valence-electron chi connectivity index (χ0n) is 11.9. The van der Waals surface area contributed by atoms with E-state index < -0.39 is 0 Å². The summed E-state index contributed by atoms with van der Waals surface area (Å²) >= 11 is 0. The monoisotopic (exact) mass is 246 g/mol. The van der Waals surface area contributed by atoms with Gasteiger partial charge < -0.3 is 5.32 Å². The predicted octanol–water partition coefficient (Wildman–Crippen LogP) is 2.75. The molecule has 0 saturated carbocycles. The minimum absolute atomic E-state index is 0.468. The summed E-state index contributed by atoms with van der Waals surface area (Å²) in [5.74, 6) is 0.750. The van der Waals surface area contributed by atoms with Gasteiger partial charge in [0, 0.05) is 13.1 Å². The summed E-state index contributed by atoms with van der Waals surface area (Å²) in [7, 11) is 2.06. The Labute approximate surface area is 111 Å². The first-order valence-corrected chi connectivity index (χ1v) is 7.03. The second-order valence-corrected chi connectivity index (χ2v) is 6.21. The topological polar surface area (TPSA) is 15.3 Å². The molecule has 2 heteroatoms. The largest absolute Gasteiger partial charge is 0.319 e. The molecule has 0 aliphatic carbocycles. The lowest BCUT2D eigenvalue weighted by Crippen LogP contribution is -2.47. The molecule has 1 aliphatic heterocycles. The van der Waals surface area contributed by atoms with Crippen molar-refractivity contribution in [2.24, 2.45) is 11.3 Å². The third-order valence-corrected chi connectivity index (χ3v) is 4.36. The molecule has 0 aromatic heterocycles. The Balaban J connectivity index is 1.96. The van der Waals surface area contributed by atoms with Crippen molar-refractivity contribution in [1.82, 2.24) is 10.2 Å². The van der Waals surface area contributed by atoms with Crippen molar-refractivity contribution in [2.75, 3.05) is 26.7 Å². The van der Waals surface area contributed by atoms with E-state index in [-0.39, 0.29) is 0 Å². The van der Waals surface area contributed by atoms with E-state index in [1.54, 1.807) is 0 Å². The summed E-state index contributed by atoms with van der Waals surface area (Å²) in [4.78, 5) is 2.60. The van der Waals surface area contributed by atoms with Gasteiger partial charge in [-0.3, -0.25) is 4.90 Å². The normalized spacial score (nSPS) is 24.1. The molecule has 1 saturated heterocycles. The first-order chi connectivity index (χ1) is 8.62. The maximum Gasteiger partial charge on any atom is 0.0233 e. The summed E-state index contributed by atoms with van der Waals surface area (Å²) in [6.45, 7) is 9.48. The van der Waals surface area contributed by atoms with Crippen LogP contribution in [0.1, 0.15) is 25.8 Å². The maximum absolute atomic E-state index is 3.35. The van der Waals surface area contributed by atoms with Gasteiger partial charge in [0.15, 0.2) is 0 Å². The predicted molar refractivity (Wildman–Crippen MR) is 77.5 cm³/mol. The second kappa shape index (κ2) is 5.85. The van der Waals surface area contributed by atoms with Crippen molar-refractivity contribution in [3.63, 3.8) is 0 Å². The fraction of sp³-hybridized carbons (Fsp3) is 0.625. The van der Waals surface area contributed by atoms with Gasteiger partial charge >= 0.3 is 0 Å². The molecule has 0 radical (unpaired) electrons. The Bertz CT molecular complexity index is 359. The molecule has 0 amide bonds. The molecule has 0 bridgehead atoms. The van der Waals surface area contributed by atoms with Crippen molar-refractivity contribution in [2.45, 2.75) is 26.8 Å². The fourth-order valence-corrected chi connectivity index (χ4v) is 2.87. The number of piperidine rings is 1. The third-order valence-electron chi connectivity index (χ3n) is 4.36.